The van der Waals surface area contributed by atoms with Crippen molar-refractivity contribution in [3.05, 3.63) is 35.9 Å². The van der Waals surface area contributed by atoms with Crippen molar-refractivity contribution < 1.29 is 4.79 Å². The maximum Gasteiger partial charge on any atom is 0.249 e. The lowest BCUT2D eigenvalue weighted by molar-refractivity contribution is -0.122. The highest BCUT2D eigenvalue weighted by atomic mass is 16.2. The van der Waals surface area contributed by atoms with Crippen molar-refractivity contribution in [2.75, 3.05) is 0 Å². The zero-order valence-corrected chi connectivity index (χ0v) is 10.4. The van der Waals surface area contributed by atoms with Crippen LogP contribution in [0.4, 0.5) is 0 Å². The third-order valence-electron chi connectivity index (χ3n) is 3.26. The SMILES string of the molecule is CC1=NNC(=O)[C@@H]1[C@H](c1ccccc1)C(C#N)C#N. The van der Waals surface area contributed by atoms with E-state index in [2.05, 4.69) is 10.5 Å². The van der Waals surface area contributed by atoms with Crippen LogP contribution in [0, 0.1) is 34.5 Å². The van der Waals surface area contributed by atoms with Crippen LogP contribution >= 0.6 is 0 Å². The summed E-state index contributed by atoms with van der Waals surface area (Å²) in [5.41, 5.74) is 3.81. The third kappa shape index (κ3) is 2.31. The Morgan fingerprint density at radius 1 is 1.26 bits per heavy atom. The van der Waals surface area contributed by atoms with Crippen molar-refractivity contribution in [3.8, 4) is 12.1 Å². The molecular formula is C14H12N4O. The Morgan fingerprint density at radius 3 is 2.37 bits per heavy atom. The van der Waals surface area contributed by atoms with E-state index in [-0.39, 0.29) is 5.91 Å². The molecule has 0 saturated heterocycles. The van der Waals surface area contributed by atoms with Crippen molar-refractivity contribution in [3.63, 3.8) is 0 Å². The molecule has 94 valence electrons. The van der Waals surface area contributed by atoms with Crippen LogP contribution < -0.4 is 5.43 Å². The lowest BCUT2D eigenvalue weighted by Gasteiger charge is -2.22. The molecule has 0 unspecified atom stereocenters. The highest BCUT2D eigenvalue weighted by Gasteiger charge is 2.40. The molecule has 1 aliphatic rings. The maximum atomic E-state index is 11.9. The van der Waals surface area contributed by atoms with Gasteiger partial charge in [-0.3, -0.25) is 4.79 Å². The largest absolute Gasteiger partial charge is 0.272 e. The molecule has 0 saturated carbocycles. The van der Waals surface area contributed by atoms with Gasteiger partial charge in [0.1, 0.15) is 5.92 Å². The fourth-order valence-electron chi connectivity index (χ4n) is 2.34. The number of hydrogen-bond acceptors (Lipinski definition) is 4. The quantitative estimate of drug-likeness (QED) is 0.885. The molecule has 2 atom stereocenters. The average Bonchev–Trinajstić information content (AvgIpc) is 2.77. The predicted octanol–water partition coefficient (Wildman–Crippen LogP) is 1.56. The Hall–Kier alpha value is -2.66. The molecule has 2 rings (SSSR count). The number of rotatable bonds is 3. The first-order chi connectivity index (χ1) is 9.19. The van der Waals surface area contributed by atoms with E-state index in [1.54, 1.807) is 6.92 Å². The molecule has 0 radical (unpaired) electrons. The first-order valence-electron chi connectivity index (χ1n) is 5.87. The number of nitrogens with zero attached hydrogens (tertiary/aromatic N) is 3. The van der Waals surface area contributed by atoms with E-state index in [1.807, 2.05) is 42.5 Å². The summed E-state index contributed by atoms with van der Waals surface area (Å²) in [5, 5.41) is 22.2. The minimum atomic E-state index is -0.888. The number of carbonyl (C=O) groups is 1. The summed E-state index contributed by atoms with van der Waals surface area (Å²) in [4.78, 5) is 11.9. The average molecular weight is 252 g/mol. The van der Waals surface area contributed by atoms with Crippen LogP contribution in [0.3, 0.4) is 0 Å². The Kier molecular flexibility index (Phi) is 3.58. The molecule has 0 bridgehead atoms. The van der Waals surface area contributed by atoms with Gasteiger partial charge in [-0.15, -0.1) is 0 Å². The standard InChI is InChI=1S/C14H12N4O/c1-9-12(14(19)18-17-9)13(11(7-15)8-16)10-5-3-2-4-6-10/h2-6,11-13H,1H3,(H,18,19)/t12-,13+/m0/s1. The topological polar surface area (TPSA) is 89.0 Å². The van der Waals surface area contributed by atoms with Crippen LogP contribution in [0.5, 0.6) is 0 Å². The van der Waals surface area contributed by atoms with Crippen molar-refractivity contribution in [2.24, 2.45) is 16.9 Å². The lowest BCUT2D eigenvalue weighted by Crippen LogP contribution is -2.32. The maximum absolute atomic E-state index is 11.9. The molecule has 1 aliphatic heterocycles. The molecule has 1 N–H and O–H groups in total. The number of hydrogen-bond donors (Lipinski definition) is 1. The van der Waals surface area contributed by atoms with Gasteiger partial charge >= 0.3 is 0 Å². The molecule has 5 heteroatoms. The van der Waals surface area contributed by atoms with Gasteiger partial charge in [-0.2, -0.15) is 15.6 Å². The zero-order valence-electron chi connectivity index (χ0n) is 10.4. The molecular weight excluding hydrogens is 240 g/mol. The monoisotopic (exact) mass is 252 g/mol. The Morgan fingerprint density at radius 2 is 1.89 bits per heavy atom. The number of nitriles is 2. The number of nitrogens with one attached hydrogen (secondary N) is 1. The summed E-state index contributed by atoms with van der Waals surface area (Å²) in [6.07, 6.45) is 0. The number of amides is 1. The summed E-state index contributed by atoms with van der Waals surface area (Å²) < 4.78 is 0. The van der Waals surface area contributed by atoms with Crippen LogP contribution in [-0.2, 0) is 4.79 Å². The summed E-state index contributed by atoms with van der Waals surface area (Å²) in [6.45, 7) is 1.73. The molecule has 0 aromatic heterocycles. The fourth-order valence-corrected chi connectivity index (χ4v) is 2.34. The van der Waals surface area contributed by atoms with Crippen molar-refractivity contribution in [1.29, 1.82) is 10.5 Å². The van der Waals surface area contributed by atoms with E-state index in [4.69, 9.17) is 10.5 Å². The second-order valence-electron chi connectivity index (χ2n) is 4.38. The lowest BCUT2D eigenvalue weighted by atomic mass is 9.76. The zero-order chi connectivity index (χ0) is 13.8. The van der Waals surface area contributed by atoms with Gasteiger partial charge < -0.3 is 0 Å². The minimum Gasteiger partial charge on any atom is -0.272 e. The summed E-state index contributed by atoms with van der Waals surface area (Å²) >= 11 is 0. The molecule has 1 heterocycles. The van der Waals surface area contributed by atoms with Crippen molar-refractivity contribution >= 4 is 11.6 Å². The van der Waals surface area contributed by atoms with Crippen molar-refractivity contribution in [2.45, 2.75) is 12.8 Å². The molecule has 5 nitrogen and oxygen atoms in total. The van der Waals surface area contributed by atoms with Crippen LogP contribution in [-0.4, -0.2) is 11.6 Å². The minimum absolute atomic E-state index is 0.262. The summed E-state index contributed by atoms with van der Waals surface area (Å²) in [5.74, 6) is -2.21. The molecule has 19 heavy (non-hydrogen) atoms. The van der Waals surface area contributed by atoms with E-state index in [9.17, 15) is 4.79 Å². The third-order valence-corrected chi connectivity index (χ3v) is 3.26. The predicted molar refractivity (Wildman–Crippen MR) is 68.6 cm³/mol. The fraction of sp³-hybridized carbons (Fsp3) is 0.286. The Labute approximate surface area is 111 Å². The van der Waals surface area contributed by atoms with E-state index < -0.39 is 17.8 Å². The van der Waals surface area contributed by atoms with Gasteiger partial charge in [-0.1, -0.05) is 30.3 Å². The first-order valence-corrected chi connectivity index (χ1v) is 5.87. The molecule has 0 aliphatic carbocycles. The van der Waals surface area contributed by atoms with E-state index in [0.717, 1.165) is 5.56 Å². The second-order valence-corrected chi connectivity index (χ2v) is 4.38. The van der Waals surface area contributed by atoms with Crippen LogP contribution in [0.15, 0.2) is 35.4 Å². The van der Waals surface area contributed by atoms with Crippen LogP contribution in [0.25, 0.3) is 0 Å². The first kappa shape index (κ1) is 12.8. The molecule has 1 amide bonds. The number of hydrazone groups is 1. The molecule has 0 fully saturated rings. The molecule has 0 spiro atoms. The van der Waals surface area contributed by atoms with Gasteiger partial charge in [-0.05, 0) is 12.5 Å². The summed E-state index contributed by atoms with van der Waals surface area (Å²) in [7, 11) is 0. The highest BCUT2D eigenvalue weighted by Crippen LogP contribution is 2.34. The molecule has 1 aromatic carbocycles. The van der Waals surface area contributed by atoms with Gasteiger partial charge in [0.05, 0.1) is 18.1 Å². The number of carbonyl (C=O) groups excluding carboxylic acids is 1. The highest BCUT2D eigenvalue weighted by molar-refractivity contribution is 6.07. The van der Waals surface area contributed by atoms with Crippen LogP contribution in [0.1, 0.15) is 18.4 Å². The van der Waals surface area contributed by atoms with E-state index in [1.165, 1.54) is 0 Å². The van der Waals surface area contributed by atoms with Gasteiger partial charge in [-0.25, -0.2) is 5.43 Å². The normalized spacial score (nSPS) is 19.3. The van der Waals surface area contributed by atoms with Crippen LogP contribution in [0.2, 0.25) is 0 Å². The van der Waals surface area contributed by atoms with Gasteiger partial charge in [0, 0.05) is 11.6 Å². The van der Waals surface area contributed by atoms with E-state index >= 15 is 0 Å². The van der Waals surface area contributed by atoms with Gasteiger partial charge in [0.25, 0.3) is 0 Å². The second kappa shape index (κ2) is 5.32. The smallest absolute Gasteiger partial charge is 0.249 e. The molecule has 1 aromatic rings. The van der Waals surface area contributed by atoms with E-state index in [0.29, 0.717) is 5.71 Å². The summed E-state index contributed by atoms with van der Waals surface area (Å²) in [6, 6.07) is 13.1. The van der Waals surface area contributed by atoms with Gasteiger partial charge in [0.15, 0.2) is 0 Å². The Bertz CT molecular complexity index is 580. The van der Waals surface area contributed by atoms with Gasteiger partial charge in [0.2, 0.25) is 5.91 Å². The number of benzene rings is 1. The van der Waals surface area contributed by atoms with Crippen molar-refractivity contribution in [1.82, 2.24) is 5.43 Å². The Balaban J connectivity index is 2.48.